The number of hydrogen-bond donors (Lipinski definition) is 5. The molecule has 0 fully saturated rings. The highest BCUT2D eigenvalue weighted by molar-refractivity contribution is 5.98. The molecule has 2 amide bonds. The molecule has 0 saturated carbocycles. The second kappa shape index (κ2) is 10.6. The van der Waals surface area contributed by atoms with Crippen molar-refractivity contribution in [1.29, 1.82) is 0 Å². The van der Waals surface area contributed by atoms with Crippen LogP contribution in [-0.2, 0) is 4.79 Å². The van der Waals surface area contributed by atoms with Crippen LogP contribution in [0.15, 0.2) is 42.5 Å². The summed E-state index contributed by atoms with van der Waals surface area (Å²) >= 11 is 0. The molecular formula is C20H19FN2O8. The Morgan fingerprint density at radius 3 is 2.00 bits per heavy atom. The van der Waals surface area contributed by atoms with Crippen molar-refractivity contribution < 1.29 is 43.6 Å². The van der Waals surface area contributed by atoms with E-state index < -0.39 is 36.5 Å². The molecule has 0 aromatic heterocycles. The molecule has 2 aromatic carbocycles. The molecule has 1 unspecified atom stereocenters. The van der Waals surface area contributed by atoms with Gasteiger partial charge in [0.2, 0.25) is 0 Å². The lowest BCUT2D eigenvalue weighted by molar-refractivity contribution is -0.138. The number of urea groups is 1. The number of carbonyl (C=O) groups excluding carboxylic acids is 1. The van der Waals surface area contributed by atoms with E-state index in [1.165, 1.54) is 24.3 Å². The third-order valence-corrected chi connectivity index (χ3v) is 4.08. The molecule has 0 aliphatic carbocycles. The fourth-order valence-corrected chi connectivity index (χ4v) is 2.62. The summed E-state index contributed by atoms with van der Waals surface area (Å²) < 4.78 is 17.2. The molecule has 0 bridgehead atoms. The van der Waals surface area contributed by atoms with Crippen LogP contribution in [0.1, 0.15) is 32.2 Å². The molecule has 11 heteroatoms. The van der Waals surface area contributed by atoms with E-state index in [-0.39, 0.29) is 30.0 Å². The van der Waals surface area contributed by atoms with Crippen molar-refractivity contribution in [2.24, 2.45) is 0 Å². The maximum Gasteiger partial charge on any atom is 0.335 e. The highest BCUT2D eigenvalue weighted by Gasteiger charge is 2.21. The van der Waals surface area contributed by atoms with Crippen LogP contribution in [0.25, 0.3) is 0 Å². The topological polar surface area (TPSA) is 162 Å². The molecule has 2 aromatic rings. The Morgan fingerprint density at radius 2 is 1.52 bits per heavy atom. The minimum atomic E-state index is -1.38. The number of carboxylic acid groups (broad SMARTS) is 3. The minimum Gasteiger partial charge on any atom is -0.491 e. The number of alkyl halides is 1. The molecule has 2 rings (SSSR count). The Bertz CT molecular complexity index is 945. The van der Waals surface area contributed by atoms with Crippen LogP contribution in [0.3, 0.4) is 0 Å². The lowest BCUT2D eigenvalue weighted by Crippen LogP contribution is -2.34. The van der Waals surface area contributed by atoms with Crippen molar-refractivity contribution in [3.8, 4) is 5.75 Å². The summed E-state index contributed by atoms with van der Waals surface area (Å²) in [6.07, 6.45) is 0. The van der Waals surface area contributed by atoms with E-state index in [9.17, 15) is 28.7 Å². The lowest BCUT2D eigenvalue weighted by Gasteiger charge is -2.15. The van der Waals surface area contributed by atoms with Crippen LogP contribution in [0.5, 0.6) is 5.75 Å². The van der Waals surface area contributed by atoms with Crippen LogP contribution >= 0.6 is 0 Å². The number of benzene rings is 2. The van der Waals surface area contributed by atoms with Crippen LogP contribution in [-0.4, -0.2) is 59.1 Å². The van der Waals surface area contributed by atoms with Gasteiger partial charge in [-0.25, -0.2) is 18.8 Å². The SMILES string of the molecule is O=C(NCC(C(=O)O)c1ccc(OCCF)cc1)Nc1cc(C(=O)O)cc(C(=O)O)c1. The van der Waals surface area contributed by atoms with Gasteiger partial charge in [-0.15, -0.1) is 0 Å². The number of hydrogen-bond acceptors (Lipinski definition) is 5. The van der Waals surface area contributed by atoms with Crippen molar-refractivity contribution in [1.82, 2.24) is 5.32 Å². The van der Waals surface area contributed by atoms with Crippen LogP contribution in [0.4, 0.5) is 14.9 Å². The number of carbonyl (C=O) groups is 4. The number of rotatable bonds is 10. The Kier molecular flexibility index (Phi) is 7.89. The summed E-state index contributed by atoms with van der Waals surface area (Å²) in [5.74, 6) is -4.71. The monoisotopic (exact) mass is 434 g/mol. The molecule has 0 radical (unpaired) electrons. The van der Waals surface area contributed by atoms with Crippen molar-refractivity contribution in [3.05, 3.63) is 59.2 Å². The number of carboxylic acids is 3. The minimum absolute atomic E-state index is 0.0870. The predicted octanol–water partition coefficient (Wildman–Crippen LogP) is 2.42. The van der Waals surface area contributed by atoms with Crippen LogP contribution < -0.4 is 15.4 Å². The van der Waals surface area contributed by atoms with Gasteiger partial charge in [-0.3, -0.25) is 4.79 Å². The first-order chi connectivity index (χ1) is 14.7. The highest BCUT2D eigenvalue weighted by atomic mass is 19.1. The third-order valence-electron chi connectivity index (χ3n) is 4.08. The van der Waals surface area contributed by atoms with E-state index in [0.29, 0.717) is 11.3 Å². The van der Waals surface area contributed by atoms with Gasteiger partial charge in [-0.2, -0.15) is 0 Å². The molecule has 5 N–H and O–H groups in total. The molecule has 0 aliphatic rings. The number of ether oxygens (including phenoxy) is 1. The van der Waals surface area contributed by atoms with E-state index in [4.69, 9.17) is 14.9 Å². The van der Waals surface area contributed by atoms with E-state index in [0.717, 1.165) is 18.2 Å². The van der Waals surface area contributed by atoms with Crippen molar-refractivity contribution in [2.45, 2.75) is 5.92 Å². The van der Waals surface area contributed by atoms with Gasteiger partial charge in [0.1, 0.15) is 19.0 Å². The van der Waals surface area contributed by atoms with Gasteiger partial charge in [0.15, 0.2) is 0 Å². The fourth-order valence-electron chi connectivity index (χ4n) is 2.62. The molecule has 10 nitrogen and oxygen atoms in total. The number of nitrogens with one attached hydrogen (secondary N) is 2. The number of aliphatic carboxylic acids is 1. The summed E-state index contributed by atoms with van der Waals surface area (Å²) in [7, 11) is 0. The average molecular weight is 434 g/mol. The van der Waals surface area contributed by atoms with E-state index in [1.807, 2.05) is 0 Å². The Hall–Kier alpha value is -4.15. The molecule has 0 saturated heterocycles. The Morgan fingerprint density at radius 1 is 0.935 bits per heavy atom. The molecular weight excluding hydrogens is 415 g/mol. The molecule has 1 atom stereocenters. The van der Waals surface area contributed by atoms with E-state index in [2.05, 4.69) is 10.6 Å². The second-order valence-corrected chi connectivity index (χ2v) is 6.24. The van der Waals surface area contributed by atoms with Gasteiger partial charge in [0.05, 0.1) is 17.0 Å². The number of anilines is 1. The second-order valence-electron chi connectivity index (χ2n) is 6.24. The van der Waals surface area contributed by atoms with Crippen LogP contribution in [0.2, 0.25) is 0 Å². The zero-order chi connectivity index (χ0) is 23.0. The summed E-state index contributed by atoms with van der Waals surface area (Å²) in [5, 5.41) is 32.2. The number of aromatic carboxylic acids is 2. The summed E-state index contributed by atoms with van der Waals surface area (Å²) in [6, 6.07) is 8.13. The summed E-state index contributed by atoms with van der Waals surface area (Å²) in [5.41, 5.74) is -0.403. The van der Waals surface area contributed by atoms with Gasteiger partial charge >= 0.3 is 23.9 Å². The summed E-state index contributed by atoms with van der Waals surface area (Å²) in [4.78, 5) is 46.0. The normalized spacial score (nSPS) is 11.3. The predicted molar refractivity (Wildman–Crippen MR) is 106 cm³/mol. The first-order valence-electron chi connectivity index (χ1n) is 8.89. The fraction of sp³-hybridized carbons (Fsp3) is 0.200. The number of amides is 2. The van der Waals surface area contributed by atoms with Gasteiger partial charge in [-0.1, -0.05) is 12.1 Å². The Balaban J connectivity index is 2.06. The van der Waals surface area contributed by atoms with E-state index in [1.54, 1.807) is 0 Å². The largest absolute Gasteiger partial charge is 0.491 e. The standard InChI is InChI=1S/C20H19FN2O8/c21-5-6-31-15-3-1-11(2-4-15)16(19(28)29)10-22-20(30)23-14-8-12(17(24)25)7-13(9-14)18(26)27/h1-4,7-9,16H,5-6,10H2,(H,24,25)(H,26,27)(H,28,29)(H2,22,23,30). The van der Waals surface area contributed by atoms with Gasteiger partial charge < -0.3 is 30.7 Å². The van der Waals surface area contributed by atoms with Gasteiger partial charge in [0.25, 0.3) is 0 Å². The smallest absolute Gasteiger partial charge is 0.335 e. The molecule has 0 aliphatic heterocycles. The lowest BCUT2D eigenvalue weighted by atomic mass is 9.99. The molecule has 0 spiro atoms. The van der Waals surface area contributed by atoms with Crippen molar-refractivity contribution in [3.63, 3.8) is 0 Å². The quantitative estimate of drug-likeness (QED) is 0.381. The van der Waals surface area contributed by atoms with Crippen molar-refractivity contribution >= 4 is 29.6 Å². The van der Waals surface area contributed by atoms with Gasteiger partial charge in [0, 0.05) is 12.2 Å². The zero-order valence-corrected chi connectivity index (χ0v) is 16.0. The zero-order valence-electron chi connectivity index (χ0n) is 16.0. The average Bonchev–Trinajstić information content (AvgIpc) is 2.72. The molecule has 0 heterocycles. The van der Waals surface area contributed by atoms with E-state index >= 15 is 0 Å². The summed E-state index contributed by atoms with van der Waals surface area (Å²) in [6.45, 7) is -1.10. The molecule has 164 valence electrons. The number of halogens is 1. The molecule has 31 heavy (non-hydrogen) atoms. The maximum atomic E-state index is 12.1. The maximum absolute atomic E-state index is 12.1. The highest BCUT2D eigenvalue weighted by Crippen LogP contribution is 2.20. The van der Waals surface area contributed by atoms with Crippen molar-refractivity contribution in [2.75, 3.05) is 25.1 Å². The Labute approximate surface area is 175 Å². The first-order valence-corrected chi connectivity index (χ1v) is 8.89. The first kappa shape index (κ1) is 23.1. The third kappa shape index (κ3) is 6.70. The van der Waals surface area contributed by atoms with Gasteiger partial charge in [-0.05, 0) is 35.9 Å². The van der Waals surface area contributed by atoms with Crippen LogP contribution in [0, 0.1) is 0 Å².